The molecule has 2 amide bonds. The number of anilines is 3. The molecule has 3 aromatic carbocycles. The van der Waals surface area contributed by atoms with Gasteiger partial charge in [0.2, 0.25) is 0 Å². The number of hydrogen-bond acceptors (Lipinski definition) is 5. The molecule has 0 unspecified atom stereocenters. The van der Waals surface area contributed by atoms with Crippen LogP contribution in [-0.4, -0.2) is 48.1 Å². The Kier molecular flexibility index (Phi) is 6.51. The van der Waals surface area contributed by atoms with Crippen LogP contribution in [0.1, 0.15) is 23.2 Å². The third-order valence-corrected chi connectivity index (χ3v) is 6.63. The van der Waals surface area contributed by atoms with Gasteiger partial charge in [-0.3, -0.25) is 9.59 Å². The Morgan fingerprint density at radius 1 is 0.921 bits per heavy atom. The summed E-state index contributed by atoms with van der Waals surface area (Å²) in [6.07, 6.45) is 2.16. The largest absolute Gasteiger partial charge is 0.378 e. The average molecular weight is 506 g/mol. The zero-order valence-electron chi connectivity index (χ0n) is 20.8. The summed E-state index contributed by atoms with van der Waals surface area (Å²) in [6, 6.07) is 20.7. The molecule has 0 radical (unpaired) electrons. The van der Waals surface area contributed by atoms with Gasteiger partial charge in [0, 0.05) is 47.2 Å². The molecular weight excluding hydrogens is 478 g/mol. The second-order valence-corrected chi connectivity index (χ2v) is 9.49. The molecule has 8 heteroatoms. The molecule has 8 nitrogen and oxygen atoms in total. The highest BCUT2D eigenvalue weighted by Gasteiger charge is 2.18. The van der Waals surface area contributed by atoms with E-state index in [9.17, 15) is 9.59 Å². The minimum atomic E-state index is -0.311. The van der Waals surface area contributed by atoms with Crippen LogP contribution >= 0.6 is 0 Å². The quantitative estimate of drug-likeness (QED) is 0.343. The van der Waals surface area contributed by atoms with Gasteiger partial charge >= 0.3 is 0 Å². The summed E-state index contributed by atoms with van der Waals surface area (Å²) >= 11 is 0. The number of fused-ring (bicyclic) bond motifs is 1. The van der Waals surface area contributed by atoms with Crippen LogP contribution in [0.5, 0.6) is 0 Å². The number of morpholine rings is 1. The van der Waals surface area contributed by atoms with E-state index in [-0.39, 0.29) is 11.8 Å². The van der Waals surface area contributed by atoms with Crippen LogP contribution in [0.15, 0.2) is 66.7 Å². The molecule has 1 aromatic heterocycles. The topological polar surface area (TPSA) is 99.3 Å². The number of rotatable bonds is 5. The molecule has 1 aliphatic carbocycles. The number of amides is 2. The van der Waals surface area contributed by atoms with Gasteiger partial charge in [-0.2, -0.15) is 0 Å². The summed E-state index contributed by atoms with van der Waals surface area (Å²) in [5.41, 5.74) is 5.51. The van der Waals surface area contributed by atoms with Gasteiger partial charge < -0.3 is 25.3 Å². The second-order valence-electron chi connectivity index (χ2n) is 9.49. The van der Waals surface area contributed by atoms with Gasteiger partial charge in [0.15, 0.2) is 0 Å². The van der Waals surface area contributed by atoms with Gasteiger partial charge in [0.1, 0.15) is 5.82 Å². The highest BCUT2D eigenvalue weighted by atomic mass is 16.5. The van der Waals surface area contributed by atoms with E-state index >= 15 is 0 Å². The lowest BCUT2D eigenvalue weighted by Crippen LogP contribution is -2.36. The first-order chi connectivity index (χ1) is 18.6. The van der Waals surface area contributed by atoms with E-state index in [1.807, 2.05) is 54.6 Å². The number of nitrogens with one attached hydrogen (secondary N) is 3. The van der Waals surface area contributed by atoms with Crippen LogP contribution in [0.4, 0.5) is 17.1 Å². The van der Waals surface area contributed by atoms with Crippen molar-refractivity contribution in [2.75, 3.05) is 41.8 Å². The summed E-state index contributed by atoms with van der Waals surface area (Å²) in [6.45, 7) is 3.21. The van der Waals surface area contributed by atoms with Crippen LogP contribution in [0, 0.1) is 17.8 Å². The predicted octanol–water partition coefficient (Wildman–Crippen LogP) is 4.67. The molecule has 0 atom stereocenters. The van der Waals surface area contributed by atoms with Crippen molar-refractivity contribution in [2.24, 2.45) is 5.92 Å². The van der Waals surface area contributed by atoms with Crippen LogP contribution < -0.4 is 15.5 Å². The summed E-state index contributed by atoms with van der Waals surface area (Å²) in [7, 11) is 0. The summed E-state index contributed by atoms with van der Waals surface area (Å²) in [5.74, 6) is 6.19. The Bertz CT molecular complexity index is 1540. The molecule has 0 bridgehead atoms. The molecule has 38 heavy (non-hydrogen) atoms. The van der Waals surface area contributed by atoms with Gasteiger partial charge in [-0.05, 0) is 73.4 Å². The van der Waals surface area contributed by atoms with Gasteiger partial charge in [0.25, 0.3) is 11.8 Å². The number of benzene rings is 3. The number of imidazole rings is 1. The van der Waals surface area contributed by atoms with Crippen molar-refractivity contribution in [3.63, 3.8) is 0 Å². The summed E-state index contributed by atoms with van der Waals surface area (Å²) in [4.78, 5) is 35.1. The minimum absolute atomic E-state index is 0.176. The Hall–Kier alpha value is -4.61. The van der Waals surface area contributed by atoms with Crippen molar-refractivity contribution in [2.45, 2.75) is 12.8 Å². The highest BCUT2D eigenvalue weighted by molar-refractivity contribution is 6.05. The molecule has 4 aromatic rings. The minimum Gasteiger partial charge on any atom is -0.378 e. The first-order valence-electron chi connectivity index (χ1n) is 12.8. The van der Waals surface area contributed by atoms with Crippen LogP contribution in [0.3, 0.4) is 0 Å². The normalized spacial score (nSPS) is 15.0. The van der Waals surface area contributed by atoms with E-state index in [4.69, 9.17) is 4.74 Å². The number of hydrogen-bond donors (Lipinski definition) is 3. The number of carbonyl (C=O) groups excluding carboxylic acids is 2. The molecule has 2 heterocycles. The third-order valence-electron chi connectivity index (χ3n) is 6.63. The number of H-pyrrole nitrogens is 1. The fraction of sp³-hybridized carbons (Fsp3) is 0.233. The first kappa shape index (κ1) is 23.8. The van der Waals surface area contributed by atoms with Crippen LogP contribution in [-0.2, 0) is 9.53 Å². The van der Waals surface area contributed by atoms with Crippen molar-refractivity contribution in [3.8, 4) is 23.2 Å². The van der Waals surface area contributed by atoms with Crippen LogP contribution in [0.2, 0.25) is 0 Å². The van der Waals surface area contributed by atoms with Gasteiger partial charge in [0.05, 0.1) is 24.2 Å². The molecule has 190 valence electrons. The van der Waals surface area contributed by atoms with E-state index in [0.29, 0.717) is 23.0 Å². The molecular formula is C30H27N5O3. The fourth-order valence-electron chi connectivity index (χ4n) is 4.34. The van der Waals surface area contributed by atoms with Crippen molar-refractivity contribution < 1.29 is 14.3 Å². The van der Waals surface area contributed by atoms with E-state index in [1.54, 1.807) is 12.1 Å². The molecule has 0 spiro atoms. The maximum Gasteiger partial charge on any atom is 0.300 e. The Morgan fingerprint density at radius 2 is 1.66 bits per heavy atom. The zero-order valence-corrected chi connectivity index (χ0v) is 20.8. The third kappa shape index (κ3) is 5.53. The Morgan fingerprint density at radius 3 is 2.39 bits per heavy atom. The summed E-state index contributed by atoms with van der Waals surface area (Å²) < 4.78 is 5.41. The lowest BCUT2D eigenvalue weighted by Gasteiger charge is -2.28. The number of aromatic amines is 1. The van der Waals surface area contributed by atoms with E-state index in [0.717, 1.165) is 67.1 Å². The summed E-state index contributed by atoms with van der Waals surface area (Å²) in [5, 5.41) is 5.77. The molecule has 1 saturated heterocycles. The van der Waals surface area contributed by atoms with E-state index < -0.39 is 0 Å². The molecule has 6 rings (SSSR count). The molecule has 1 aliphatic heterocycles. The van der Waals surface area contributed by atoms with Crippen molar-refractivity contribution >= 4 is 39.9 Å². The van der Waals surface area contributed by atoms with Crippen LogP contribution in [0.25, 0.3) is 22.4 Å². The van der Waals surface area contributed by atoms with E-state index in [2.05, 4.69) is 37.3 Å². The number of carbonyl (C=O) groups is 2. The lowest BCUT2D eigenvalue weighted by molar-refractivity contribution is -0.111. The number of aromatic nitrogens is 2. The average Bonchev–Trinajstić information content (AvgIpc) is 3.69. The number of nitrogens with zero attached hydrogens (tertiary/aromatic N) is 2. The maximum atomic E-state index is 12.8. The van der Waals surface area contributed by atoms with Gasteiger partial charge in [-0.15, -0.1) is 0 Å². The van der Waals surface area contributed by atoms with E-state index in [1.165, 1.54) is 0 Å². The second kappa shape index (κ2) is 10.4. The molecule has 3 N–H and O–H groups in total. The fourth-order valence-corrected chi connectivity index (χ4v) is 4.34. The van der Waals surface area contributed by atoms with Gasteiger partial charge in [-0.25, -0.2) is 4.98 Å². The standard InChI is InChI=1S/C30H27N5O3/c36-28(14-3-20-1-2-20)31-24-10-13-26-27(19-24)34-29(33-26)21-4-6-22(7-5-21)30(37)32-23-8-11-25(12-9-23)35-15-17-38-18-16-35/h4-13,19-20H,1-2,15-18H2,(H,31,36)(H,32,37)(H,33,34). The van der Waals surface area contributed by atoms with Crippen molar-refractivity contribution in [3.05, 3.63) is 72.3 Å². The number of ether oxygens (including phenoxy) is 1. The zero-order chi connectivity index (χ0) is 25.9. The monoisotopic (exact) mass is 505 g/mol. The first-order valence-corrected chi connectivity index (χ1v) is 12.8. The SMILES string of the molecule is O=C(C#CC1CC1)Nc1ccc2[nH]c(-c3ccc(C(=O)Nc4ccc(N5CCOCC5)cc4)cc3)nc2c1. The Labute approximate surface area is 220 Å². The lowest BCUT2D eigenvalue weighted by atomic mass is 10.1. The predicted molar refractivity (Wildman–Crippen MR) is 148 cm³/mol. The molecule has 1 saturated carbocycles. The van der Waals surface area contributed by atoms with Gasteiger partial charge in [-0.1, -0.05) is 18.1 Å². The molecule has 2 aliphatic rings. The Balaban J connectivity index is 1.10. The highest BCUT2D eigenvalue weighted by Crippen LogP contribution is 2.27. The maximum absolute atomic E-state index is 12.8. The molecule has 2 fully saturated rings. The van der Waals surface area contributed by atoms with Crippen molar-refractivity contribution in [1.82, 2.24) is 9.97 Å². The van der Waals surface area contributed by atoms with Crippen molar-refractivity contribution in [1.29, 1.82) is 0 Å². The smallest absolute Gasteiger partial charge is 0.300 e.